The summed E-state index contributed by atoms with van der Waals surface area (Å²) in [4.78, 5) is 21.2. The van der Waals surface area contributed by atoms with Crippen molar-refractivity contribution in [2.45, 2.75) is 51.7 Å². The van der Waals surface area contributed by atoms with Gasteiger partial charge in [-0.1, -0.05) is 0 Å². The number of carbonyl (C=O) groups is 1. The Bertz CT molecular complexity index is 458. The van der Waals surface area contributed by atoms with Crippen LogP contribution in [0.15, 0.2) is 4.99 Å². The minimum Gasteiger partial charge on any atom is -0.444 e. The first-order valence-electron chi connectivity index (χ1n) is 8.47. The number of rotatable bonds is 1. The number of ether oxygens (including phenoxy) is 1. The van der Waals surface area contributed by atoms with E-state index in [4.69, 9.17) is 4.74 Å². The molecule has 22 heavy (non-hydrogen) atoms. The Morgan fingerprint density at radius 3 is 2.91 bits per heavy atom. The molecule has 0 radical (unpaired) electrons. The van der Waals surface area contributed by atoms with E-state index < -0.39 is 5.60 Å². The summed E-state index contributed by atoms with van der Waals surface area (Å²) < 4.78 is 5.54. The molecule has 0 aromatic carbocycles. The number of nitrogens with zero attached hydrogens (tertiary/aromatic N) is 3. The Labute approximate surface area is 132 Å². The zero-order chi connectivity index (χ0) is 15.7. The Balaban J connectivity index is 1.63. The first-order chi connectivity index (χ1) is 10.4. The number of nitrogens with one attached hydrogen (secondary N) is 1. The van der Waals surface area contributed by atoms with Gasteiger partial charge < -0.3 is 19.9 Å². The summed E-state index contributed by atoms with van der Waals surface area (Å²) in [5.74, 6) is 1.58. The van der Waals surface area contributed by atoms with E-state index in [9.17, 15) is 4.79 Å². The van der Waals surface area contributed by atoms with Crippen molar-refractivity contribution in [3.05, 3.63) is 0 Å². The molecular weight excluding hydrogens is 280 g/mol. The molecule has 0 aromatic rings. The molecule has 3 rings (SSSR count). The van der Waals surface area contributed by atoms with Crippen LogP contribution in [0.4, 0.5) is 4.79 Å². The molecule has 2 atom stereocenters. The average molecular weight is 308 g/mol. The molecule has 124 valence electrons. The molecule has 0 bridgehead atoms. The van der Waals surface area contributed by atoms with E-state index in [0.717, 1.165) is 51.5 Å². The van der Waals surface area contributed by atoms with Crippen LogP contribution >= 0.6 is 0 Å². The molecule has 0 spiro atoms. The highest BCUT2D eigenvalue weighted by atomic mass is 16.6. The molecule has 3 aliphatic heterocycles. The molecule has 2 unspecified atom stereocenters. The van der Waals surface area contributed by atoms with Gasteiger partial charge in [0.25, 0.3) is 0 Å². The van der Waals surface area contributed by atoms with Gasteiger partial charge in [-0.2, -0.15) is 0 Å². The summed E-state index contributed by atoms with van der Waals surface area (Å²) in [6.45, 7) is 10.3. The highest BCUT2D eigenvalue weighted by Crippen LogP contribution is 2.29. The van der Waals surface area contributed by atoms with Crippen LogP contribution in [0.25, 0.3) is 0 Å². The van der Waals surface area contributed by atoms with Gasteiger partial charge in [0, 0.05) is 38.8 Å². The summed E-state index contributed by atoms with van der Waals surface area (Å²) in [5.41, 5.74) is -0.423. The third-order valence-corrected chi connectivity index (χ3v) is 4.65. The highest BCUT2D eigenvalue weighted by Gasteiger charge is 2.38. The van der Waals surface area contributed by atoms with Crippen molar-refractivity contribution >= 4 is 12.1 Å². The quantitative estimate of drug-likeness (QED) is 0.800. The minimum absolute atomic E-state index is 0.165. The Hall–Kier alpha value is -1.46. The van der Waals surface area contributed by atoms with Gasteiger partial charge in [0.15, 0.2) is 5.96 Å². The third kappa shape index (κ3) is 3.31. The molecule has 1 amide bonds. The lowest BCUT2D eigenvalue weighted by molar-refractivity contribution is 0.0115. The van der Waals surface area contributed by atoms with E-state index in [-0.39, 0.29) is 6.09 Å². The van der Waals surface area contributed by atoms with Crippen molar-refractivity contribution in [2.24, 2.45) is 10.9 Å². The fourth-order valence-corrected chi connectivity index (χ4v) is 3.73. The van der Waals surface area contributed by atoms with E-state index in [1.165, 1.54) is 6.42 Å². The molecule has 6 heteroatoms. The number of amides is 1. The summed E-state index contributed by atoms with van der Waals surface area (Å²) in [6.07, 6.45) is 3.18. The van der Waals surface area contributed by atoms with Crippen molar-refractivity contribution < 1.29 is 9.53 Å². The van der Waals surface area contributed by atoms with Crippen LogP contribution in [0.3, 0.4) is 0 Å². The van der Waals surface area contributed by atoms with Crippen molar-refractivity contribution in [1.29, 1.82) is 0 Å². The number of hydrogen-bond donors (Lipinski definition) is 1. The van der Waals surface area contributed by atoms with Crippen LogP contribution in [0.1, 0.15) is 40.0 Å². The van der Waals surface area contributed by atoms with Crippen LogP contribution in [0.2, 0.25) is 0 Å². The summed E-state index contributed by atoms with van der Waals surface area (Å²) >= 11 is 0. The van der Waals surface area contributed by atoms with Gasteiger partial charge in [-0.3, -0.25) is 4.99 Å². The molecule has 3 aliphatic rings. The van der Waals surface area contributed by atoms with Crippen molar-refractivity contribution in [3.63, 3.8) is 0 Å². The third-order valence-electron chi connectivity index (χ3n) is 4.65. The number of carbonyl (C=O) groups excluding carboxylic acids is 1. The fraction of sp³-hybridized carbons (Fsp3) is 0.875. The first-order valence-corrected chi connectivity index (χ1v) is 8.47. The van der Waals surface area contributed by atoms with Gasteiger partial charge in [-0.15, -0.1) is 0 Å². The lowest BCUT2D eigenvalue weighted by Crippen LogP contribution is -2.52. The molecular formula is C16H28N4O2. The van der Waals surface area contributed by atoms with E-state index in [0.29, 0.717) is 12.0 Å². The molecule has 6 nitrogen and oxygen atoms in total. The maximum atomic E-state index is 12.3. The minimum atomic E-state index is -0.423. The first kappa shape index (κ1) is 15.4. The van der Waals surface area contributed by atoms with Crippen molar-refractivity contribution in [1.82, 2.24) is 15.1 Å². The number of hydrogen-bond acceptors (Lipinski definition) is 5. The number of fused-ring (bicyclic) bond motifs is 1. The van der Waals surface area contributed by atoms with Gasteiger partial charge in [0.2, 0.25) is 0 Å². The lowest BCUT2D eigenvalue weighted by atomic mass is 9.87. The van der Waals surface area contributed by atoms with E-state index in [1.54, 1.807) is 0 Å². The van der Waals surface area contributed by atoms with E-state index in [1.807, 2.05) is 25.7 Å². The summed E-state index contributed by atoms with van der Waals surface area (Å²) in [7, 11) is 0. The number of piperidine rings is 1. The molecule has 0 aromatic heterocycles. The second kappa shape index (κ2) is 5.97. The molecule has 1 N–H and O–H groups in total. The monoisotopic (exact) mass is 308 g/mol. The number of likely N-dealkylation sites (tertiary alicyclic amines) is 1. The summed E-state index contributed by atoms with van der Waals surface area (Å²) in [5, 5.41) is 3.36. The highest BCUT2D eigenvalue weighted by molar-refractivity contribution is 5.82. The predicted molar refractivity (Wildman–Crippen MR) is 85.9 cm³/mol. The smallest absolute Gasteiger partial charge is 0.410 e. The summed E-state index contributed by atoms with van der Waals surface area (Å²) in [6, 6.07) is 0.507. The topological polar surface area (TPSA) is 57.2 Å². The van der Waals surface area contributed by atoms with Crippen LogP contribution < -0.4 is 5.32 Å². The van der Waals surface area contributed by atoms with Gasteiger partial charge in [0.05, 0.1) is 0 Å². The molecule has 0 saturated carbocycles. The zero-order valence-electron chi connectivity index (χ0n) is 14.0. The second-order valence-electron chi connectivity index (χ2n) is 7.51. The van der Waals surface area contributed by atoms with Gasteiger partial charge >= 0.3 is 6.09 Å². The standard InChI is InChI=1S/C16H28N4O2/c1-16(2,3)22-15(21)19-9-4-5-12(11-19)13-6-7-17-14-18-8-10-20(13)14/h12-13H,4-11H2,1-3H3,(H,17,18). The Morgan fingerprint density at radius 2 is 2.14 bits per heavy atom. The normalized spacial score (nSPS) is 28.8. The fourth-order valence-electron chi connectivity index (χ4n) is 3.73. The van der Waals surface area contributed by atoms with Crippen LogP contribution in [-0.2, 0) is 4.74 Å². The Morgan fingerprint density at radius 1 is 1.32 bits per heavy atom. The zero-order valence-corrected chi connectivity index (χ0v) is 14.0. The van der Waals surface area contributed by atoms with Crippen LogP contribution in [-0.4, -0.2) is 66.2 Å². The Kier molecular flexibility index (Phi) is 4.19. The molecule has 0 aliphatic carbocycles. The number of aliphatic imine (C=N–C) groups is 1. The van der Waals surface area contributed by atoms with Gasteiger partial charge in [0.1, 0.15) is 5.60 Å². The SMILES string of the molecule is CC(C)(C)OC(=O)N1CCCC(C2CCN=C3NCCN32)C1. The largest absolute Gasteiger partial charge is 0.444 e. The second-order valence-corrected chi connectivity index (χ2v) is 7.51. The lowest BCUT2D eigenvalue weighted by Gasteiger charge is -2.42. The van der Waals surface area contributed by atoms with E-state index in [2.05, 4.69) is 15.2 Å². The molecule has 3 heterocycles. The van der Waals surface area contributed by atoms with E-state index >= 15 is 0 Å². The average Bonchev–Trinajstić information content (AvgIpc) is 2.94. The molecule has 2 saturated heterocycles. The molecule has 2 fully saturated rings. The van der Waals surface area contributed by atoms with Crippen molar-refractivity contribution in [2.75, 3.05) is 32.7 Å². The number of guanidine groups is 1. The maximum Gasteiger partial charge on any atom is 0.410 e. The van der Waals surface area contributed by atoms with Gasteiger partial charge in [-0.05, 0) is 46.0 Å². The van der Waals surface area contributed by atoms with Crippen LogP contribution in [0, 0.1) is 5.92 Å². The predicted octanol–water partition coefficient (Wildman–Crippen LogP) is 1.67. The van der Waals surface area contributed by atoms with Gasteiger partial charge in [-0.25, -0.2) is 4.79 Å². The maximum absolute atomic E-state index is 12.3. The van der Waals surface area contributed by atoms with Crippen LogP contribution in [0.5, 0.6) is 0 Å². The van der Waals surface area contributed by atoms with Crippen molar-refractivity contribution in [3.8, 4) is 0 Å².